The predicted molar refractivity (Wildman–Crippen MR) is 74.3 cm³/mol. The highest BCUT2D eigenvalue weighted by Crippen LogP contribution is 2.38. The molecule has 3 N–H and O–H groups in total. The summed E-state index contributed by atoms with van der Waals surface area (Å²) in [5, 5.41) is 0. The second-order valence-corrected chi connectivity index (χ2v) is 5.50. The molecule has 0 bridgehead atoms. The van der Waals surface area contributed by atoms with Gasteiger partial charge in [0.25, 0.3) is 0 Å². The quantitative estimate of drug-likeness (QED) is 0.574. The van der Waals surface area contributed by atoms with Crippen LogP contribution in [0.25, 0.3) is 0 Å². The van der Waals surface area contributed by atoms with Crippen molar-refractivity contribution in [2.45, 2.75) is 38.1 Å². The standard InChI is InChI=1S/C15H24N2O/c1-11(10-18-2)7-14(17-16)9-13-8-12-5-3-4-6-15(12)13/h3-6,11,13-14,17H,7-10,16H2,1-2H3. The lowest BCUT2D eigenvalue weighted by molar-refractivity contribution is 0.147. The van der Waals surface area contributed by atoms with Crippen molar-refractivity contribution in [3.8, 4) is 0 Å². The third-order valence-corrected chi connectivity index (χ3v) is 3.90. The molecule has 3 heteroatoms. The van der Waals surface area contributed by atoms with Crippen LogP contribution in [0.4, 0.5) is 0 Å². The van der Waals surface area contributed by atoms with E-state index in [1.165, 1.54) is 17.5 Å². The fraction of sp³-hybridized carbons (Fsp3) is 0.600. The van der Waals surface area contributed by atoms with Crippen LogP contribution in [0.3, 0.4) is 0 Å². The van der Waals surface area contributed by atoms with E-state index in [2.05, 4.69) is 36.6 Å². The van der Waals surface area contributed by atoms with Crippen molar-refractivity contribution >= 4 is 0 Å². The van der Waals surface area contributed by atoms with E-state index in [0.29, 0.717) is 17.9 Å². The van der Waals surface area contributed by atoms with Gasteiger partial charge in [-0.05, 0) is 42.2 Å². The van der Waals surface area contributed by atoms with Crippen LogP contribution in [0.1, 0.15) is 36.8 Å². The first kappa shape index (κ1) is 13.5. The molecule has 0 saturated heterocycles. The summed E-state index contributed by atoms with van der Waals surface area (Å²) >= 11 is 0. The Hall–Kier alpha value is -0.900. The molecule has 100 valence electrons. The number of fused-ring (bicyclic) bond motifs is 1. The first-order valence-corrected chi connectivity index (χ1v) is 6.77. The molecule has 0 aromatic heterocycles. The lowest BCUT2D eigenvalue weighted by Crippen LogP contribution is -2.39. The number of benzene rings is 1. The fourth-order valence-corrected chi connectivity index (χ4v) is 2.99. The zero-order chi connectivity index (χ0) is 13.0. The van der Waals surface area contributed by atoms with Crippen LogP contribution in [0.2, 0.25) is 0 Å². The van der Waals surface area contributed by atoms with E-state index < -0.39 is 0 Å². The van der Waals surface area contributed by atoms with E-state index in [9.17, 15) is 0 Å². The minimum atomic E-state index is 0.383. The van der Waals surface area contributed by atoms with E-state index >= 15 is 0 Å². The molecule has 3 atom stereocenters. The summed E-state index contributed by atoms with van der Waals surface area (Å²) in [4.78, 5) is 0. The number of hydrazine groups is 1. The number of ether oxygens (including phenoxy) is 1. The van der Waals surface area contributed by atoms with Gasteiger partial charge in [0.2, 0.25) is 0 Å². The second kappa shape index (κ2) is 6.32. The Morgan fingerprint density at radius 3 is 2.89 bits per heavy atom. The summed E-state index contributed by atoms with van der Waals surface area (Å²) in [6.45, 7) is 3.02. The van der Waals surface area contributed by atoms with Gasteiger partial charge >= 0.3 is 0 Å². The van der Waals surface area contributed by atoms with Gasteiger partial charge in [-0.25, -0.2) is 0 Å². The van der Waals surface area contributed by atoms with Gasteiger partial charge in [0.15, 0.2) is 0 Å². The van der Waals surface area contributed by atoms with Crippen LogP contribution in [0.5, 0.6) is 0 Å². The van der Waals surface area contributed by atoms with E-state index in [4.69, 9.17) is 10.6 Å². The summed E-state index contributed by atoms with van der Waals surface area (Å²) in [5.41, 5.74) is 5.98. The summed E-state index contributed by atoms with van der Waals surface area (Å²) in [6, 6.07) is 9.10. The minimum absolute atomic E-state index is 0.383. The van der Waals surface area contributed by atoms with Crippen LogP contribution < -0.4 is 11.3 Å². The van der Waals surface area contributed by atoms with Gasteiger partial charge in [0.05, 0.1) is 0 Å². The first-order chi connectivity index (χ1) is 8.74. The lowest BCUT2D eigenvalue weighted by Gasteiger charge is -2.33. The molecule has 1 aromatic carbocycles. The largest absolute Gasteiger partial charge is 0.384 e. The second-order valence-electron chi connectivity index (χ2n) is 5.50. The number of hydrogen-bond acceptors (Lipinski definition) is 3. The third-order valence-electron chi connectivity index (χ3n) is 3.90. The molecule has 2 rings (SSSR count). The zero-order valence-corrected chi connectivity index (χ0v) is 11.4. The zero-order valence-electron chi connectivity index (χ0n) is 11.4. The molecule has 3 unspecified atom stereocenters. The van der Waals surface area contributed by atoms with Crippen molar-refractivity contribution in [1.29, 1.82) is 0 Å². The SMILES string of the molecule is COCC(C)CC(CC1Cc2ccccc21)NN. The van der Waals surface area contributed by atoms with Gasteiger partial charge in [0, 0.05) is 19.8 Å². The summed E-state index contributed by atoms with van der Waals surface area (Å²) in [5.74, 6) is 6.90. The highest BCUT2D eigenvalue weighted by molar-refractivity contribution is 5.39. The van der Waals surface area contributed by atoms with Gasteiger partial charge in [-0.1, -0.05) is 31.2 Å². The molecule has 0 radical (unpaired) electrons. The molecule has 0 spiro atoms. The van der Waals surface area contributed by atoms with Gasteiger partial charge in [-0.2, -0.15) is 0 Å². The molecular weight excluding hydrogens is 224 g/mol. The molecule has 1 aromatic rings. The van der Waals surface area contributed by atoms with E-state index in [1.54, 1.807) is 7.11 Å². The summed E-state index contributed by atoms with van der Waals surface area (Å²) < 4.78 is 5.18. The molecule has 1 aliphatic carbocycles. The maximum atomic E-state index is 5.67. The molecule has 0 aliphatic heterocycles. The molecular formula is C15H24N2O. The van der Waals surface area contributed by atoms with Crippen molar-refractivity contribution in [3.63, 3.8) is 0 Å². The Labute approximate surface area is 110 Å². The van der Waals surface area contributed by atoms with Gasteiger partial charge in [-0.3, -0.25) is 11.3 Å². The lowest BCUT2D eigenvalue weighted by atomic mass is 9.74. The topological polar surface area (TPSA) is 47.3 Å². The first-order valence-electron chi connectivity index (χ1n) is 6.77. The maximum absolute atomic E-state index is 5.67. The van der Waals surface area contributed by atoms with Gasteiger partial charge < -0.3 is 4.74 Å². The minimum Gasteiger partial charge on any atom is -0.384 e. The summed E-state index contributed by atoms with van der Waals surface area (Å²) in [7, 11) is 1.75. The van der Waals surface area contributed by atoms with Gasteiger partial charge in [0.1, 0.15) is 0 Å². The molecule has 3 nitrogen and oxygen atoms in total. The van der Waals surface area contributed by atoms with E-state index in [-0.39, 0.29) is 0 Å². The maximum Gasteiger partial charge on any atom is 0.0488 e. The van der Waals surface area contributed by atoms with Crippen molar-refractivity contribution in [3.05, 3.63) is 35.4 Å². The number of nitrogens with two attached hydrogens (primary N) is 1. The smallest absolute Gasteiger partial charge is 0.0488 e. The van der Waals surface area contributed by atoms with E-state index in [1.807, 2.05) is 0 Å². The van der Waals surface area contributed by atoms with Crippen LogP contribution in [-0.4, -0.2) is 19.8 Å². The van der Waals surface area contributed by atoms with Crippen molar-refractivity contribution in [2.24, 2.45) is 11.8 Å². The van der Waals surface area contributed by atoms with Crippen molar-refractivity contribution in [2.75, 3.05) is 13.7 Å². The molecule has 0 saturated carbocycles. The fourth-order valence-electron chi connectivity index (χ4n) is 2.99. The molecule has 18 heavy (non-hydrogen) atoms. The Balaban J connectivity index is 1.85. The van der Waals surface area contributed by atoms with E-state index in [0.717, 1.165) is 19.4 Å². The van der Waals surface area contributed by atoms with Crippen LogP contribution in [0, 0.1) is 5.92 Å². The monoisotopic (exact) mass is 248 g/mol. The Bertz CT molecular complexity index is 381. The van der Waals surface area contributed by atoms with Crippen molar-refractivity contribution < 1.29 is 4.74 Å². The summed E-state index contributed by atoms with van der Waals surface area (Å²) in [6.07, 6.45) is 3.40. The number of hydrogen-bond donors (Lipinski definition) is 2. The van der Waals surface area contributed by atoms with Gasteiger partial charge in [-0.15, -0.1) is 0 Å². The number of nitrogens with one attached hydrogen (secondary N) is 1. The third kappa shape index (κ3) is 3.10. The number of rotatable bonds is 7. The van der Waals surface area contributed by atoms with Crippen LogP contribution in [-0.2, 0) is 11.2 Å². The van der Waals surface area contributed by atoms with Crippen LogP contribution in [0.15, 0.2) is 24.3 Å². The highest BCUT2D eigenvalue weighted by atomic mass is 16.5. The molecule has 0 amide bonds. The normalized spacial score (nSPS) is 20.9. The molecule has 0 heterocycles. The Morgan fingerprint density at radius 1 is 1.44 bits per heavy atom. The highest BCUT2D eigenvalue weighted by Gasteiger charge is 2.28. The number of methoxy groups -OCH3 is 1. The Morgan fingerprint density at radius 2 is 2.22 bits per heavy atom. The molecule has 1 aliphatic rings. The average molecular weight is 248 g/mol. The Kier molecular flexibility index (Phi) is 4.75. The van der Waals surface area contributed by atoms with Crippen molar-refractivity contribution in [1.82, 2.24) is 5.43 Å². The van der Waals surface area contributed by atoms with Crippen LogP contribution >= 0.6 is 0 Å². The average Bonchev–Trinajstić information content (AvgIpc) is 2.34. The predicted octanol–water partition coefficient (Wildman–Crippen LogP) is 2.22. The molecule has 0 fully saturated rings.